The third-order valence-corrected chi connectivity index (χ3v) is 3.50. The highest BCUT2D eigenvalue weighted by molar-refractivity contribution is 5.96. The van der Waals surface area contributed by atoms with Crippen molar-refractivity contribution in [2.75, 3.05) is 5.32 Å². The molecule has 1 aromatic rings. The number of carboxylic acids is 1. The lowest BCUT2D eigenvalue weighted by Crippen LogP contribution is -2.34. The number of amides is 1. The van der Waals surface area contributed by atoms with Crippen LogP contribution in [0.15, 0.2) is 30.4 Å². The SMILES string of the molecule is Cc1ccc(NC(=O)[C@H]2CC=CC[C@H]2C(=O)O)c(O)c1. The van der Waals surface area contributed by atoms with Crippen LogP contribution in [-0.2, 0) is 9.59 Å². The lowest BCUT2D eigenvalue weighted by molar-refractivity contribution is -0.146. The minimum Gasteiger partial charge on any atom is -0.506 e. The van der Waals surface area contributed by atoms with Crippen LogP contribution in [-0.4, -0.2) is 22.1 Å². The molecule has 20 heavy (non-hydrogen) atoms. The van der Waals surface area contributed by atoms with E-state index in [2.05, 4.69) is 5.32 Å². The van der Waals surface area contributed by atoms with E-state index in [0.29, 0.717) is 18.5 Å². The standard InChI is InChI=1S/C15H17NO4/c1-9-6-7-12(13(17)8-9)16-14(18)10-4-2-3-5-11(10)15(19)20/h2-3,6-8,10-11,17H,4-5H2,1H3,(H,16,18)(H,19,20)/t10-,11+/m0/s1. The predicted octanol–water partition coefficient (Wildman–Crippen LogP) is 2.31. The maximum absolute atomic E-state index is 12.2. The second-order valence-corrected chi connectivity index (χ2v) is 5.00. The van der Waals surface area contributed by atoms with Crippen LogP contribution in [0.3, 0.4) is 0 Å². The van der Waals surface area contributed by atoms with Crippen molar-refractivity contribution in [2.24, 2.45) is 11.8 Å². The van der Waals surface area contributed by atoms with Crippen molar-refractivity contribution in [3.63, 3.8) is 0 Å². The molecule has 2 rings (SSSR count). The van der Waals surface area contributed by atoms with E-state index in [9.17, 15) is 14.7 Å². The van der Waals surface area contributed by atoms with Crippen molar-refractivity contribution in [1.82, 2.24) is 0 Å². The molecule has 3 N–H and O–H groups in total. The minimum absolute atomic E-state index is 0.0171. The number of phenols is 1. The molecule has 5 nitrogen and oxygen atoms in total. The Bertz CT molecular complexity index is 565. The zero-order valence-electron chi connectivity index (χ0n) is 11.2. The number of aromatic hydroxyl groups is 1. The Morgan fingerprint density at radius 2 is 1.85 bits per heavy atom. The van der Waals surface area contributed by atoms with Crippen LogP contribution in [0.1, 0.15) is 18.4 Å². The molecule has 5 heteroatoms. The molecule has 0 saturated carbocycles. The molecule has 0 aromatic heterocycles. The number of hydrogen-bond donors (Lipinski definition) is 3. The van der Waals surface area contributed by atoms with E-state index >= 15 is 0 Å². The van der Waals surface area contributed by atoms with Gasteiger partial charge in [-0.05, 0) is 37.5 Å². The van der Waals surface area contributed by atoms with E-state index in [1.165, 1.54) is 0 Å². The lowest BCUT2D eigenvalue weighted by Gasteiger charge is -2.24. The Hall–Kier alpha value is -2.30. The number of anilines is 1. The average molecular weight is 275 g/mol. The molecule has 1 aromatic carbocycles. The van der Waals surface area contributed by atoms with Crippen LogP contribution >= 0.6 is 0 Å². The van der Waals surface area contributed by atoms with Gasteiger partial charge in [0, 0.05) is 0 Å². The van der Waals surface area contributed by atoms with E-state index in [4.69, 9.17) is 5.11 Å². The van der Waals surface area contributed by atoms with E-state index in [1.54, 1.807) is 24.3 Å². The number of carbonyl (C=O) groups is 2. The second kappa shape index (κ2) is 5.77. The molecular formula is C15H17NO4. The quantitative estimate of drug-likeness (QED) is 0.583. The van der Waals surface area contributed by atoms with Gasteiger partial charge >= 0.3 is 5.97 Å². The summed E-state index contributed by atoms with van der Waals surface area (Å²) in [5, 5.41) is 21.5. The Morgan fingerprint density at radius 1 is 1.20 bits per heavy atom. The van der Waals surface area contributed by atoms with Gasteiger partial charge < -0.3 is 15.5 Å². The number of phenolic OH excluding ortho intramolecular Hbond substituents is 1. The number of carboxylic acid groups (broad SMARTS) is 1. The molecule has 0 unspecified atom stereocenters. The van der Waals surface area contributed by atoms with Gasteiger partial charge in [-0.15, -0.1) is 0 Å². The summed E-state index contributed by atoms with van der Waals surface area (Å²) in [7, 11) is 0. The average Bonchev–Trinajstić information content (AvgIpc) is 2.41. The van der Waals surface area contributed by atoms with Gasteiger partial charge in [0.15, 0.2) is 0 Å². The molecule has 1 amide bonds. The van der Waals surface area contributed by atoms with E-state index in [-0.39, 0.29) is 11.7 Å². The van der Waals surface area contributed by atoms with Crippen LogP contribution in [0.25, 0.3) is 0 Å². The number of carbonyl (C=O) groups excluding carboxylic acids is 1. The largest absolute Gasteiger partial charge is 0.506 e. The van der Waals surface area contributed by atoms with Crippen LogP contribution in [0.5, 0.6) is 5.75 Å². The molecule has 0 spiro atoms. The number of nitrogens with one attached hydrogen (secondary N) is 1. The van der Waals surface area contributed by atoms with Crippen LogP contribution in [0.2, 0.25) is 0 Å². The summed E-state index contributed by atoms with van der Waals surface area (Å²) < 4.78 is 0. The maximum atomic E-state index is 12.2. The van der Waals surface area contributed by atoms with Gasteiger partial charge in [0.2, 0.25) is 5.91 Å². The Morgan fingerprint density at radius 3 is 2.45 bits per heavy atom. The normalized spacial score (nSPS) is 21.4. The van der Waals surface area contributed by atoms with Crippen LogP contribution in [0, 0.1) is 18.8 Å². The van der Waals surface area contributed by atoms with Crippen LogP contribution < -0.4 is 5.32 Å². The smallest absolute Gasteiger partial charge is 0.307 e. The van der Waals surface area contributed by atoms with Gasteiger partial charge in [0.1, 0.15) is 5.75 Å². The highest BCUT2D eigenvalue weighted by Crippen LogP contribution is 2.29. The molecule has 0 fully saturated rings. The molecule has 0 aliphatic heterocycles. The van der Waals surface area contributed by atoms with Gasteiger partial charge in [-0.2, -0.15) is 0 Å². The van der Waals surface area contributed by atoms with Gasteiger partial charge in [-0.3, -0.25) is 9.59 Å². The van der Waals surface area contributed by atoms with Gasteiger partial charge in [-0.25, -0.2) is 0 Å². The van der Waals surface area contributed by atoms with Crippen molar-refractivity contribution in [3.05, 3.63) is 35.9 Å². The first-order valence-corrected chi connectivity index (χ1v) is 6.47. The first-order valence-electron chi connectivity index (χ1n) is 6.47. The number of hydrogen-bond acceptors (Lipinski definition) is 3. The molecule has 106 valence electrons. The van der Waals surface area contributed by atoms with Gasteiger partial charge in [0.25, 0.3) is 0 Å². The zero-order chi connectivity index (χ0) is 14.7. The lowest BCUT2D eigenvalue weighted by atomic mass is 9.82. The number of aliphatic carboxylic acids is 1. The molecule has 0 radical (unpaired) electrons. The molecule has 0 heterocycles. The highest BCUT2D eigenvalue weighted by Gasteiger charge is 2.34. The predicted molar refractivity (Wildman–Crippen MR) is 74.5 cm³/mol. The molecule has 2 atom stereocenters. The van der Waals surface area contributed by atoms with Gasteiger partial charge in [0.05, 0.1) is 17.5 Å². The fourth-order valence-electron chi connectivity index (χ4n) is 2.35. The maximum Gasteiger partial charge on any atom is 0.307 e. The monoisotopic (exact) mass is 275 g/mol. The minimum atomic E-state index is -0.970. The van der Waals surface area contributed by atoms with Crippen molar-refractivity contribution in [3.8, 4) is 5.75 Å². The van der Waals surface area contributed by atoms with Crippen molar-refractivity contribution < 1.29 is 19.8 Å². The molecule has 1 aliphatic rings. The zero-order valence-corrected chi connectivity index (χ0v) is 11.2. The number of allylic oxidation sites excluding steroid dienone is 2. The fourth-order valence-corrected chi connectivity index (χ4v) is 2.35. The van der Waals surface area contributed by atoms with E-state index < -0.39 is 17.8 Å². The Labute approximate surface area is 116 Å². The summed E-state index contributed by atoms with van der Waals surface area (Å²) in [4.78, 5) is 23.4. The summed E-state index contributed by atoms with van der Waals surface area (Å²) in [6.07, 6.45) is 4.35. The van der Waals surface area contributed by atoms with Crippen molar-refractivity contribution >= 4 is 17.6 Å². The number of benzene rings is 1. The molecule has 0 saturated heterocycles. The van der Waals surface area contributed by atoms with Crippen molar-refractivity contribution in [1.29, 1.82) is 0 Å². The van der Waals surface area contributed by atoms with E-state index in [0.717, 1.165) is 5.56 Å². The summed E-state index contributed by atoms with van der Waals surface area (Å²) in [5.41, 5.74) is 1.18. The van der Waals surface area contributed by atoms with Crippen molar-refractivity contribution in [2.45, 2.75) is 19.8 Å². The summed E-state index contributed by atoms with van der Waals surface area (Å²) >= 11 is 0. The summed E-state index contributed by atoms with van der Waals surface area (Å²) in [6.45, 7) is 1.83. The topological polar surface area (TPSA) is 86.6 Å². The van der Waals surface area contributed by atoms with E-state index in [1.807, 2.05) is 13.0 Å². The Balaban J connectivity index is 2.14. The third kappa shape index (κ3) is 2.99. The molecule has 0 bridgehead atoms. The number of rotatable bonds is 3. The molecule has 1 aliphatic carbocycles. The van der Waals surface area contributed by atoms with Gasteiger partial charge in [-0.1, -0.05) is 18.2 Å². The number of aryl methyl sites for hydroxylation is 1. The first kappa shape index (κ1) is 14.1. The van der Waals surface area contributed by atoms with Crippen LogP contribution in [0.4, 0.5) is 5.69 Å². The molecular weight excluding hydrogens is 258 g/mol. The highest BCUT2D eigenvalue weighted by atomic mass is 16.4. The fraction of sp³-hybridized carbons (Fsp3) is 0.333. The third-order valence-electron chi connectivity index (χ3n) is 3.50. The first-order chi connectivity index (χ1) is 9.49. The second-order valence-electron chi connectivity index (χ2n) is 5.00. The Kier molecular flexibility index (Phi) is 4.08. The summed E-state index contributed by atoms with van der Waals surface area (Å²) in [6, 6.07) is 4.92. The summed E-state index contributed by atoms with van der Waals surface area (Å²) in [5.74, 6) is -2.69.